The number of aromatic nitrogens is 3. The van der Waals surface area contributed by atoms with Gasteiger partial charge in [-0.1, -0.05) is 13.8 Å². The molecule has 1 N–H and O–H groups in total. The summed E-state index contributed by atoms with van der Waals surface area (Å²) in [6, 6.07) is 2.60. The van der Waals surface area contributed by atoms with Crippen molar-refractivity contribution in [2.45, 2.75) is 65.6 Å². The summed E-state index contributed by atoms with van der Waals surface area (Å²) < 4.78 is 1.86. The highest BCUT2D eigenvalue weighted by atomic mass is 15.4. The Balaban J connectivity index is 2.94. The lowest BCUT2D eigenvalue weighted by molar-refractivity contribution is 0.338. The molecule has 1 rings (SSSR count). The first-order valence-electron chi connectivity index (χ1n) is 6.55. The topological polar surface area (TPSA) is 66.5 Å². The highest BCUT2D eigenvalue weighted by molar-refractivity contribution is 5.06. The third-order valence-corrected chi connectivity index (χ3v) is 2.74. The van der Waals surface area contributed by atoms with E-state index < -0.39 is 5.54 Å². The predicted octanol–water partition coefficient (Wildman–Crippen LogP) is 1.68. The molecule has 0 saturated carbocycles. The fourth-order valence-electron chi connectivity index (χ4n) is 2.01. The Morgan fingerprint density at radius 2 is 2.06 bits per heavy atom. The van der Waals surface area contributed by atoms with Gasteiger partial charge >= 0.3 is 0 Å². The maximum Gasteiger partial charge on any atom is 0.150 e. The van der Waals surface area contributed by atoms with Crippen LogP contribution < -0.4 is 5.32 Å². The molecule has 0 aliphatic carbocycles. The van der Waals surface area contributed by atoms with Crippen molar-refractivity contribution in [2.75, 3.05) is 0 Å². The van der Waals surface area contributed by atoms with E-state index >= 15 is 0 Å². The van der Waals surface area contributed by atoms with Crippen LogP contribution in [0.25, 0.3) is 0 Å². The van der Waals surface area contributed by atoms with Crippen molar-refractivity contribution in [3.8, 4) is 6.07 Å². The summed E-state index contributed by atoms with van der Waals surface area (Å²) in [5.41, 5.74) is -0.614. The summed E-state index contributed by atoms with van der Waals surface area (Å²) in [4.78, 5) is 4.46. The highest BCUT2D eigenvalue weighted by Crippen LogP contribution is 2.10. The van der Waals surface area contributed by atoms with E-state index in [4.69, 9.17) is 0 Å². The van der Waals surface area contributed by atoms with Crippen LogP contribution in [-0.2, 0) is 19.4 Å². The number of aryl methyl sites for hydroxylation is 2. The summed E-state index contributed by atoms with van der Waals surface area (Å²) >= 11 is 0. The predicted molar refractivity (Wildman–Crippen MR) is 71.1 cm³/mol. The molecule has 0 aliphatic heterocycles. The van der Waals surface area contributed by atoms with Crippen molar-refractivity contribution < 1.29 is 0 Å². The molecule has 1 aromatic heterocycles. The maximum atomic E-state index is 9.35. The molecule has 0 spiro atoms. The van der Waals surface area contributed by atoms with Gasteiger partial charge in [0.25, 0.3) is 0 Å². The minimum Gasteiger partial charge on any atom is -0.296 e. The van der Waals surface area contributed by atoms with Crippen LogP contribution in [-0.4, -0.2) is 26.3 Å². The van der Waals surface area contributed by atoms with Crippen molar-refractivity contribution in [1.29, 1.82) is 5.26 Å². The first-order chi connectivity index (χ1) is 8.44. The van der Waals surface area contributed by atoms with Crippen LogP contribution in [0.15, 0.2) is 0 Å². The summed E-state index contributed by atoms with van der Waals surface area (Å²) in [6.07, 6.45) is 1.65. The lowest BCUT2D eigenvalue weighted by atomic mass is 10.0. The standard InChI is InChI=1S/C13H23N5/c1-6-11-15-12(7-2)18(17-11)9-13(5,8-14)16-10(3)4/h10,16H,6-7,9H2,1-5H3. The Morgan fingerprint density at radius 1 is 1.39 bits per heavy atom. The highest BCUT2D eigenvalue weighted by Gasteiger charge is 2.26. The molecule has 0 saturated heterocycles. The van der Waals surface area contributed by atoms with Crippen LogP contribution in [0.5, 0.6) is 0 Å². The van der Waals surface area contributed by atoms with E-state index in [2.05, 4.69) is 28.4 Å². The monoisotopic (exact) mass is 249 g/mol. The lowest BCUT2D eigenvalue weighted by Crippen LogP contribution is -2.48. The minimum atomic E-state index is -0.614. The van der Waals surface area contributed by atoms with E-state index in [0.29, 0.717) is 6.54 Å². The average molecular weight is 249 g/mol. The van der Waals surface area contributed by atoms with E-state index in [9.17, 15) is 5.26 Å². The van der Waals surface area contributed by atoms with Gasteiger partial charge < -0.3 is 0 Å². The first-order valence-corrected chi connectivity index (χ1v) is 6.55. The average Bonchev–Trinajstić information content (AvgIpc) is 2.70. The lowest BCUT2D eigenvalue weighted by Gasteiger charge is -2.26. The quantitative estimate of drug-likeness (QED) is 0.833. The van der Waals surface area contributed by atoms with Crippen LogP contribution in [0.3, 0.4) is 0 Å². The largest absolute Gasteiger partial charge is 0.296 e. The van der Waals surface area contributed by atoms with Gasteiger partial charge in [0.2, 0.25) is 0 Å². The molecular formula is C13H23N5. The molecule has 0 fully saturated rings. The normalized spacial score (nSPS) is 14.5. The number of hydrogen-bond acceptors (Lipinski definition) is 4. The third kappa shape index (κ3) is 3.54. The molecular weight excluding hydrogens is 226 g/mol. The second-order valence-electron chi connectivity index (χ2n) is 5.05. The van der Waals surface area contributed by atoms with Gasteiger partial charge in [0.05, 0.1) is 12.6 Å². The smallest absolute Gasteiger partial charge is 0.150 e. The summed E-state index contributed by atoms with van der Waals surface area (Å²) in [7, 11) is 0. The molecule has 1 aromatic rings. The molecule has 18 heavy (non-hydrogen) atoms. The molecule has 1 atom stereocenters. The van der Waals surface area contributed by atoms with E-state index in [1.165, 1.54) is 0 Å². The molecule has 0 amide bonds. The van der Waals surface area contributed by atoms with Gasteiger partial charge in [-0.3, -0.25) is 5.32 Å². The van der Waals surface area contributed by atoms with Crippen molar-refractivity contribution in [1.82, 2.24) is 20.1 Å². The zero-order valence-electron chi connectivity index (χ0n) is 12.0. The number of nitriles is 1. The van der Waals surface area contributed by atoms with Crippen LogP contribution in [0, 0.1) is 11.3 Å². The zero-order chi connectivity index (χ0) is 13.8. The van der Waals surface area contributed by atoms with Crippen molar-refractivity contribution in [3.05, 3.63) is 11.6 Å². The van der Waals surface area contributed by atoms with Crippen molar-refractivity contribution in [3.63, 3.8) is 0 Å². The van der Waals surface area contributed by atoms with Crippen LogP contribution >= 0.6 is 0 Å². The Hall–Kier alpha value is -1.41. The second kappa shape index (κ2) is 5.96. The molecule has 5 nitrogen and oxygen atoms in total. The number of nitrogens with zero attached hydrogens (tertiary/aromatic N) is 4. The third-order valence-electron chi connectivity index (χ3n) is 2.74. The maximum absolute atomic E-state index is 9.35. The SMILES string of the molecule is CCc1nc(CC)n(CC(C)(C#N)NC(C)C)n1. The fraction of sp³-hybridized carbons (Fsp3) is 0.769. The second-order valence-corrected chi connectivity index (χ2v) is 5.05. The van der Waals surface area contributed by atoms with Crippen LogP contribution in [0.1, 0.15) is 46.3 Å². The number of rotatable bonds is 6. The molecule has 1 unspecified atom stereocenters. The van der Waals surface area contributed by atoms with Crippen molar-refractivity contribution >= 4 is 0 Å². The van der Waals surface area contributed by atoms with Crippen LogP contribution in [0.2, 0.25) is 0 Å². The summed E-state index contributed by atoms with van der Waals surface area (Å²) in [6.45, 7) is 10.6. The van der Waals surface area contributed by atoms with Gasteiger partial charge in [-0.05, 0) is 20.8 Å². The Labute approximate surface area is 109 Å². The van der Waals surface area contributed by atoms with Gasteiger partial charge in [-0.15, -0.1) is 0 Å². The Morgan fingerprint density at radius 3 is 2.50 bits per heavy atom. The minimum absolute atomic E-state index is 0.258. The fourth-order valence-corrected chi connectivity index (χ4v) is 2.01. The Kier molecular flexibility index (Phi) is 4.85. The van der Waals surface area contributed by atoms with E-state index in [0.717, 1.165) is 24.5 Å². The molecule has 0 radical (unpaired) electrons. The molecule has 5 heteroatoms. The van der Waals surface area contributed by atoms with Gasteiger partial charge in [0.1, 0.15) is 11.4 Å². The molecule has 0 bridgehead atoms. The molecule has 0 aromatic carbocycles. The van der Waals surface area contributed by atoms with E-state index in [1.54, 1.807) is 0 Å². The number of hydrogen-bond donors (Lipinski definition) is 1. The Bertz CT molecular complexity index is 429. The van der Waals surface area contributed by atoms with Crippen LogP contribution in [0.4, 0.5) is 0 Å². The molecule has 0 aliphatic rings. The summed E-state index contributed by atoms with van der Waals surface area (Å²) in [5.74, 6) is 1.79. The van der Waals surface area contributed by atoms with Gasteiger partial charge in [0.15, 0.2) is 5.82 Å². The van der Waals surface area contributed by atoms with Gasteiger partial charge in [-0.2, -0.15) is 10.4 Å². The van der Waals surface area contributed by atoms with Gasteiger partial charge in [-0.25, -0.2) is 9.67 Å². The van der Waals surface area contributed by atoms with Crippen molar-refractivity contribution in [2.24, 2.45) is 0 Å². The van der Waals surface area contributed by atoms with Gasteiger partial charge in [0, 0.05) is 18.9 Å². The zero-order valence-corrected chi connectivity index (χ0v) is 12.0. The molecule has 1 heterocycles. The first kappa shape index (κ1) is 14.7. The summed E-state index contributed by atoms with van der Waals surface area (Å²) in [5, 5.41) is 17.1. The molecule has 100 valence electrons. The van der Waals surface area contributed by atoms with E-state index in [-0.39, 0.29) is 6.04 Å². The van der Waals surface area contributed by atoms with E-state index in [1.807, 2.05) is 32.4 Å². The number of nitrogens with one attached hydrogen (secondary N) is 1.